The van der Waals surface area contributed by atoms with Crippen LogP contribution in [0, 0.1) is 11.8 Å². The topological polar surface area (TPSA) is 47.0 Å². The van der Waals surface area contributed by atoms with Crippen LogP contribution in [0.3, 0.4) is 0 Å². The molecule has 1 aromatic rings. The van der Waals surface area contributed by atoms with E-state index in [1.54, 1.807) is 13.4 Å². The number of nitrogens with zero attached hydrogens (tertiary/aromatic N) is 2. The largest absolute Gasteiger partial charge is 0.481 e. The second-order valence-corrected chi connectivity index (χ2v) is 4.79. The van der Waals surface area contributed by atoms with Gasteiger partial charge in [-0.25, -0.2) is 9.97 Å². The van der Waals surface area contributed by atoms with Gasteiger partial charge in [0, 0.05) is 12.1 Å². The highest BCUT2D eigenvalue weighted by atomic mass is 16.5. The summed E-state index contributed by atoms with van der Waals surface area (Å²) in [5, 5.41) is 3.55. The van der Waals surface area contributed by atoms with Gasteiger partial charge in [-0.15, -0.1) is 0 Å². The van der Waals surface area contributed by atoms with Crippen molar-refractivity contribution in [3.63, 3.8) is 0 Å². The van der Waals surface area contributed by atoms with Gasteiger partial charge in [0.05, 0.1) is 7.11 Å². The Hall–Kier alpha value is -1.32. The maximum atomic E-state index is 5.10. The molecule has 16 heavy (non-hydrogen) atoms. The van der Waals surface area contributed by atoms with E-state index >= 15 is 0 Å². The summed E-state index contributed by atoms with van der Waals surface area (Å²) >= 11 is 0. The molecule has 86 valence electrons. The van der Waals surface area contributed by atoms with Gasteiger partial charge in [-0.05, 0) is 37.5 Å². The molecule has 0 spiro atoms. The van der Waals surface area contributed by atoms with Crippen molar-refractivity contribution < 1.29 is 4.74 Å². The summed E-state index contributed by atoms with van der Waals surface area (Å²) in [6.45, 7) is 0. The number of ether oxygens (including phenoxy) is 1. The van der Waals surface area contributed by atoms with Crippen molar-refractivity contribution in [1.29, 1.82) is 0 Å². The van der Waals surface area contributed by atoms with E-state index in [0.717, 1.165) is 17.7 Å². The molecule has 2 fully saturated rings. The van der Waals surface area contributed by atoms with Gasteiger partial charge in [-0.1, -0.05) is 0 Å². The van der Waals surface area contributed by atoms with Crippen molar-refractivity contribution in [2.24, 2.45) is 11.8 Å². The minimum absolute atomic E-state index is 0.625. The molecule has 0 bridgehead atoms. The van der Waals surface area contributed by atoms with E-state index in [2.05, 4.69) is 15.3 Å². The zero-order valence-electron chi connectivity index (χ0n) is 9.52. The lowest BCUT2D eigenvalue weighted by Crippen LogP contribution is -2.24. The van der Waals surface area contributed by atoms with Crippen LogP contribution in [-0.4, -0.2) is 23.1 Å². The Morgan fingerprint density at radius 3 is 2.50 bits per heavy atom. The van der Waals surface area contributed by atoms with Crippen LogP contribution >= 0.6 is 0 Å². The zero-order valence-corrected chi connectivity index (χ0v) is 9.52. The fourth-order valence-electron chi connectivity index (χ4n) is 2.23. The smallest absolute Gasteiger partial charge is 0.218 e. The van der Waals surface area contributed by atoms with E-state index in [0.29, 0.717) is 11.9 Å². The molecule has 2 saturated carbocycles. The van der Waals surface area contributed by atoms with Gasteiger partial charge in [0.15, 0.2) is 0 Å². The van der Waals surface area contributed by atoms with E-state index in [1.807, 2.05) is 6.07 Å². The Kier molecular flexibility index (Phi) is 2.42. The number of anilines is 1. The molecule has 4 nitrogen and oxygen atoms in total. The van der Waals surface area contributed by atoms with Crippen LogP contribution in [0.25, 0.3) is 0 Å². The Morgan fingerprint density at radius 2 is 1.94 bits per heavy atom. The highest BCUT2D eigenvalue weighted by Crippen LogP contribution is 2.45. The Morgan fingerprint density at radius 1 is 1.25 bits per heavy atom. The normalized spacial score (nSPS) is 19.9. The summed E-state index contributed by atoms with van der Waals surface area (Å²) in [6.07, 6.45) is 7.04. The molecule has 4 heteroatoms. The van der Waals surface area contributed by atoms with Gasteiger partial charge in [-0.2, -0.15) is 0 Å². The molecule has 0 saturated heterocycles. The minimum atomic E-state index is 0.625. The monoisotopic (exact) mass is 219 g/mol. The maximum Gasteiger partial charge on any atom is 0.218 e. The first kappa shape index (κ1) is 9.87. The van der Waals surface area contributed by atoms with Gasteiger partial charge < -0.3 is 10.1 Å². The molecule has 0 amide bonds. The Labute approximate surface area is 95.4 Å². The first-order chi connectivity index (χ1) is 7.86. The highest BCUT2D eigenvalue weighted by molar-refractivity contribution is 5.39. The average molecular weight is 219 g/mol. The van der Waals surface area contributed by atoms with Gasteiger partial charge >= 0.3 is 0 Å². The van der Waals surface area contributed by atoms with Gasteiger partial charge in [0.25, 0.3) is 0 Å². The standard InChI is InChI=1S/C12H17N3O/c1-16-11-6-10(13-7-14-11)15-12(8-2-3-8)9-4-5-9/h6-9,12H,2-5H2,1H3,(H,13,14,15). The van der Waals surface area contributed by atoms with Crippen molar-refractivity contribution in [3.05, 3.63) is 12.4 Å². The second kappa shape index (κ2) is 3.92. The number of aromatic nitrogens is 2. The van der Waals surface area contributed by atoms with E-state index in [1.165, 1.54) is 25.7 Å². The van der Waals surface area contributed by atoms with Crippen LogP contribution in [0.4, 0.5) is 5.82 Å². The van der Waals surface area contributed by atoms with E-state index < -0.39 is 0 Å². The molecule has 2 aliphatic rings. The SMILES string of the molecule is COc1cc(NC(C2CC2)C2CC2)ncn1. The fourth-order valence-corrected chi connectivity index (χ4v) is 2.23. The zero-order chi connectivity index (χ0) is 11.0. The first-order valence-corrected chi connectivity index (χ1v) is 5.99. The summed E-state index contributed by atoms with van der Waals surface area (Å²) in [5.41, 5.74) is 0. The lowest BCUT2D eigenvalue weighted by atomic mass is 10.1. The molecule has 2 aliphatic carbocycles. The van der Waals surface area contributed by atoms with Crippen LogP contribution in [0.5, 0.6) is 5.88 Å². The lowest BCUT2D eigenvalue weighted by molar-refractivity contribution is 0.397. The van der Waals surface area contributed by atoms with Crippen molar-refractivity contribution in [1.82, 2.24) is 9.97 Å². The summed E-state index contributed by atoms with van der Waals surface area (Å²) in [4.78, 5) is 8.26. The van der Waals surface area contributed by atoms with E-state index in [-0.39, 0.29) is 0 Å². The highest BCUT2D eigenvalue weighted by Gasteiger charge is 2.41. The van der Waals surface area contributed by atoms with Crippen molar-refractivity contribution in [2.75, 3.05) is 12.4 Å². The van der Waals surface area contributed by atoms with Gasteiger partial charge in [-0.3, -0.25) is 0 Å². The molecule has 0 atom stereocenters. The van der Waals surface area contributed by atoms with Crippen LogP contribution in [0.2, 0.25) is 0 Å². The molecular formula is C12H17N3O. The maximum absolute atomic E-state index is 5.10. The number of rotatable bonds is 5. The summed E-state index contributed by atoms with van der Waals surface area (Å²) in [7, 11) is 1.63. The average Bonchev–Trinajstić information content (AvgIpc) is 3.18. The molecule has 1 N–H and O–H groups in total. The van der Waals surface area contributed by atoms with Gasteiger partial charge in [0.1, 0.15) is 12.1 Å². The number of methoxy groups -OCH3 is 1. The Balaban J connectivity index is 1.70. The van der Waals surface area contributed by atoms with Crippen molar-refractivity contribution >= 4 is 5.82 Å². The lowest BCUT2D eigenvalue weighted by Gasteiger charge is -2.18. The Bertz CT molecular complexity index is 362. The fraction of sp³-hybridized carbons (Fsp3) is 0.667. The molecule has 0 aromatic carbocycles. The van der Waals surface area contributed by atoms with Crippen molar-refractivity contribution in [2.45, 2.75) is 31.7 Å². The van der Waals surface area contributed by atoms with Crippen LogP contribution in [0.15, 0.2) is 12.4 Å². The quantitative estimate of drug-likeness (QED) is 0.823. The third-order valence-corrected chi connectivity index (χ3v) is 3.43. The summed E-state index contributed by atoms with van der Waals surface area (Å²) in [6, 6.07) is 2.50. The third-order valence-electron chi connectivity index (χ3n) is 3.43. The third kappa shape index (κ3) is 2.10. The van der Waals surface area contributed by atoms with Crippen LogP contribution in [0.1, 0.15) is 25.7 Å². The molecule has 1 heterocycles. The number of hydrogen-bond donors (Lipinski definition) is 1. The number of hydrogen-bond acceptors (Lipinski definition) is 4. The second-order valence-electron chi connectivity index (χ2n) is 4.79. The first-order valence-electron chi connectivity index (χ1n) is 5.99. The molecule has 0 unspecified atom stereocenters. The number of nitrogens with one attached hydrogen (secondary N) is 1. The van der Waals surface area contributed by atoms with Crippen LogP contribution in [-0.2, 0) is 0 Å². The summed E-state index contributed by atoms with van der Waals surface area (Å²) in [5.74, 6) is 3.26. The predicted octanol–water partition coefficient (Wildman–Crippen LogP) is 2.09. The molecule has 0 radical (unpaired) electrons. The minimum Gasteiger partial charge on any atom is -0.481 e. The molecule has 3 rings (SSSR count). The molecule has 0 aliphatic heterocycles. The van der Waals surface area contributed by atoms with Crippen molar-refractivity contribution in [3.8, 4) is 5.88 Å². The molecular weight excluding hydrogens is 202 g/mol. The van der Waals surface area contributed by atoms with E-state index in [4.69, 9.17) is 4.74 Å². The van der Waals surface area contributed by atoms with Gasteiger partial charge in [0.2, 0.25) is 5.88 Å². The van der Waals surface area contributed by atoms with Crippen LogP contribution < -0.4 is 10.1 Å². The predicted molar refractivity (Wildman–Crippen MR) is 61.4 cm³/mol. The molecule has 1 aromatic heterocycles. The summed E-state index contributed by atoms with van der Waals surface area (Å²) < 4.78 is 5.10. The van der Waals surface area contributed by atoms with E-state index in [9.17, 15) is 0 Å².